The number of aliphatic imine (C=N–C) groups is 1. The predicted molar refractivity (Wildman–Crippen MR) is 94.6 cm³/mol. The van der Waals surface area contributed by atoms with Gasteiger partial charge >= 0.3 is 0 Å². The van der Waals surface area contributed by atoms with Crippen molar-refractivity contribution in [1.82, 2.24) is 10.6 Å². The van der Waals surface area contributed by atoms with Crippen molar-refractivity contribution in [2.24, 2.45) is 4.99 Å². The Bertz CT molecular complexity index is 201. The molecule has 19 heavy (non-hydrogen) atoms. The number of nitrogens with zero attached hydrogens (tertiary/aromatic N) is 1. The Labute approximate surface area is 136 Å². The summed E-state index contributed by atoms with van der Waals surface area (Å²) in [7, 11) is 1.82. The van der Waals surface area contributed by atoms with Crippen molar-refractivity contribution in [3.8, 4) is 0 Å². The molecule has 0 saturated heterocycles. The molecule has 0 rings (SSSR count). The molecule has 0 spiro atoms. The highest BCUT2D eigenvalue weighted by molar-refractivity contribution is 14.0. The quantitative estimate of drug-likeness (QED) is 0.249. The fourth-order valence-electron chi connectivity index (χ4n) is 1.66. The first kappa shape index (κ1) is 21.3. The molecule has 0 saturated carbocycles. The van der Waals surface area contributed by atoms with Gasteiger partial charge in [0.15, 0.2) is 5.96 Å². The van der Waals surface area contributed by atoms with Crippen molar-refractivity contribution in [2.45, 2.75) is 52.4 Å². The van der Waals surface area contributed by atoms with Crippen molar-refractivity contribution in [3.05, 3.63) is 0 Å². The Balaban J connectivity index is 0. The molecule has 0 fully saturated rings. The van der Waals surface area contributed by atoms with E-state index in [9.17, 15) is 0 Å². The number of hydrogen-bond acceptors (Lipinski definition) is 2. The van der Waals surface area contributed by atoms with E-state index in [1.165, 1.54) is 25.7 Å². The van der Waals surface area contributed by atoms with Gasteiger partial charge in [0, 0.05) is 33.4 Å². The van der Waals surface area contributed by atoms with Crippen LogP contribution >= 0.6 is 24.0 Å². The minimum absolute atomic E-state index is 0. The highest BCUT2D eigenvalue weighted by Gasteiger charge is 1.96. The Morgan fingerprint density at radius 3 is 2.11 bits per heavy atom. The van der Waals surface area contributed by atoms with Crippen LogP contribution in [0, 0.1) is 0 Å². The van der Waals surface area contributed by atoms with E-state index in [0.717, 1.165) is 45.1 Å². The average Bonchev–Trinajstić information content (AvgIpc) is 2.40. The molecule has 4 nitrogen and oxygen atoms in total. The van der Waals surface area contributed by atoms with Crippen LogP contribution in [0.4, 0.5) is 0 Å². The summed E-state index contributed by atoms with van der Waals surface area (Å²) < 4.78 is 5.30. The average molecular weight is 385 g/mol. The monoisotopic (exact) mass is 385 g/mol. The number of guanidine groups is 1. The van der Waals surface area contributed by atoms with E-state index in [2.05, 4.69) is 22.5 Å². The minimum atomic E-state index is 0. The SMILES string of the molecule is CCCCCCNC(=NC)NCCCCOCC.I. The molecule has 116 valence electrons. The molecule has 0 amide bonds. The normalized spacial score (nSPS) is 11.0. The van der Waals surface area contributed by atoms with E-state index in [4.69, 9.17) is 4.74 Å². The Hall–Kier alpha value is -0.0400. The maximum absolute atomic E-state index is 5.30. The third-order valence-corrected chi connectivity index (χ3v) is 2.76. The molecule has 0 aromatic heterocycles. The lowest BCUT2D eigenvalue weighted by molar-refractivity contribution is 0.143. The number of halogens is 1. The summed E-state index contributed by atoms with van der Waals surface area (Å²) >= 11 is 0. The van der Waals surface area contributed by atoms with Gasteiger partial charge in [0.05, 0.1) is 0 Å². The fourth-order valence-corrected chi connectivity index (χ4v) is 1.66. The second-order valence-corrected chi connectivity index (χ2v) is 4.39. The van der Waals surface area contributed by atoms with Gasteiger partial charge in [-0.05, 0) is 26.2 Å². The number of ether oxygens (including phenoxy) is 1. The van der Waals surface area contributed by atoms with Gasteiger partial charge in [0.1, 0.15) is 0 Å². The fraction of sp³-hybridized carbons (Fsp3) is 0.929. The van der Waals surface area contributed by atoms with Crippen LogP contribution < -0.4 is 10.6 Å². The van der Waals surface area contributed by atoms with E-state index in [1.54, 1.807) is 0 Å². The molecule has 2 N–H and O–H groups in total. The van der Waals surface area contributed by atoms with Crippen LogP contribution in [-0.4, -0.2) is 39.3 Å². The van der Waals surface area contributed by atoms with Gasteiger partial charge in [0.25, 0.3) is 0 Å². The Kier molecular flexibility index (Phi) is 20.1. The standard InChI is InChI=1S/C14H31N3O.HI/c1-4-6-7-8-11-16-14(15-3)17-12-9-10-13-18-5-2;/h4-13H2,1-3H3,(H2,15,16,17);1H. The molecule has 0 atom stereocenters. The molecule has 0 radical (unpaired) electrons. The summed E-state index contributed by atoms with van der Waals surface area (Å²) in [6.07, 6.45) is 7.36. The van der Waals surface area contributed by atoms with E-state index < -0.39 is 0 Å². The molecule has 0 bridgehead atoms. The molecular formula is C14H32IN3O. The van der Waals surface area contributed by atoms with Crippen LogP contribution in [-0.2, 0) is 4.74 Å². The number of nitrogens with one attached hydrogen (secondary N) is 2. The molecule has 0 aliphatic carbocycles. The molecule has 5 heteroatoms. The zero-order valence-electron chi connectivity index (χ0n) is 12.8. The molecule has 0 heterocycles. The molecule has 0 aliphatic heterocycles. The molecular weight excluding hydrogens is 353 g/mol. The largest absolute Gasteiger partial charge is 0.382 e. The molecule has 0 unspecified atom stereocenters. The predicted octanol–water partition coefficient (Wildman–Crippen LogP) is 3.17. The maximum atomic E-state index is 5.30. The van der Waals surface area contributed by atoms with E-state index in [0.29, 0.717) is 0 Å². The highest BCUT2D eigenvalue weighted by Crippen LogP contribution is 1.96. The summed E-state index contributed by atoms with van der Waals surface area (Å²) in [4.78, 5) is 4.20. The zero-order chi connectivity index (χ0) is 13.5. The van der Waals surface area contributed by atoms with Gasteiger partial charge in [-0.25, -0.2) is 0 Å². The Morgan fingerprint density at radius 2 is 1.58 bits per heavy atom. The summed E-state index contributed by atoms with van der Waals surface area (Å²) in [5.74, 6) is 0.919. The van der Waals surface area contributed by atoms with E-state index >= 15 is 0 Å². The van der Waals surface area contributed by atoms with Crippen molar-refractivity contribution in [3.63, 3.8) is 0 Å². The van der Waals surface area contributed by atoms with Crippen LogP contribution in [0.1, 0.15) is 52.4 Å². The Morgan fingerprint density at radius 1 is 0.947 bits per heavy atom. The van der Waals surface area contributed by atoms with Crippen LogP contribution in [0.2, 0.25) is 0 Å². The summed E-state index contributed by atoms with van der Waals surface area (Å²) in [5.41, 5.74) is 0. The van der Waals surface area contributed by atoms with Gasteiger partial charge in [0.2, 0.25) is 0 Å². The highest BCUT2D eigenvalue weighted by atomic mass is 127. The van der Waals surface area contributed by atoms with Crippen LogP contribution in [0.25, 0.3) is 0 Å². The van der Waals surface area contributed by atoms with Crippen LogP contribution in [0.5, 0.6) is 0 Å². The van der Waals surface area contributed by atoms with Crippen LogP contribution in [0.3, 0.4) is 0 Å². The lowest BCUT2D eigenvalue weighted by Crippen LogP contribution is -2.38. The molecule has 0 aliphatic rings. The third kappa shape index (κ3) is 15.9. The second-order valence-electron chi connectivity index (χ2n) is 4.39. The first-order valence-corrected chi connectivity index (χ1v) is 7.37. The minimum Gasteiger partial charge on any atom is -0.382 e. The second kappa shape index (κ2) is 18.0. The van der Waals surface area contributed by atoms with E-state index in [1.807, 2.05) is 14.0 Å². The first-order valence-electron chi connectivity index (χ1n) is 7.37. The molecule has 0 aromatic carbocycles. The van der Waals surface area contributed by atoms with Gasteiger partial charge < -0.3 is 15.4 Å². The van der Waals surface area contributed by atoms with Crippen molar-refractivity contribution in [2.75, 3.05) is 33.4 Å². The topological polar surface area (TPSA) is 45.7 Å². The lowest BCUT2D eigenvalue weighted by atomic mass is 10.2. The van der Waals surface area contributed by atoms with Gasteiger partial charge in [-0.3, -0.25) is 4.99 Å². The summed E-state index contributed by atoms with van der Waals surface area (Å²) in [5, 5.41) is 6.66. The van der Waals surface area contributed by atoms with Gasteiger partial charge in [-0.2, -0.15) is 0 Å². The number of rotatable bonds is 11. The zero-order valence-corrected chi connectivity index (χ0v) is 15.2. The summed E-state index contributed by atoms with van der Waals surface area (Å²) in [6.45, 7) is 7.91. The number of hydrogen-bond donors (Lipinski definition) is 2. The maximum Gasteiger partial charge on any atom is 0.190 e. The smallest absolute Gasteiger partial charge is 0.190 e. The van der Waals surface area contributed by atoms with E-state index in [-0.39, 0.29) is 24.0 Å². The third-order valence-electron chi connectivity index (χ3n) is 2.76. The van der Waals surface area contributed by atoms with Crippen molar-refractivity contribution >= 4 is 29.9 Å². The number of unbranched alkanes of at least 4 members (excludes halogenated alkanes) is 4. The van der Waals surface area contributed by atoms with Gasteiger partial charge in [-0.1, -0.05) is 26.2 Å². The van der Waals surface area contributed by atoms with Crippen molar-refractivity contribution in [1.29, 1.82) is 0 Å². The molecule has 0 aromatic rings. The van der Waals surface area contributed by atoms with Crippen LogP contribution in [0.15, 0.2) is 4.99 Å². The van der Waals surface area contributed by atoms with Crippen molar-refractivity contribution < 1.29 is 4.74 Å². The summed E-state index contributed by atoms with van der Waals surface area (Å²) in [6, 6.07) is 0. The van der Waals surface area contributed by atoms with Gasteiger partial charge in [-0.15, -0.1) is 24.0 Å². The lowest BCUT2D eigenvalue weighted by Gasteiger charge is -2.11. The first-order chi connectivity index (χ1) is 8.85.